The third-order valence-electron chi connectivity index (χ3n) is 8.04. The second kappa shape index (κ2) is 21.0. The summed E-state index contributed by atoms with van der Waals surface area (Å²) in [6.45, 7) is 1.82. The highest BCUT2D eigenvalue weighted by molar-refractivity contribution is 8.10. The number of aromatic hydroxyl groups is 1. The molecule has 62 heavy (non-hydrogen) atoms. The number of halogens is 3. The number of alkyl halides is 3. The van der Waals surface area contributed by atoms with E-state index in [1.807, 2.05) is 96.0 Å². The molecule has 0 unspecified atom stereocenters. The van der Waals surface area contributed by atoms with E-state index in [1.165, 1.54) is 39.0 Å². The van der Waals surface area contributed by atoms with Gasteiger partial charge in [0.25, 0.3) is 0 Å². The number of rotatable bonds is 11. The normalized spacial score (nSPS) is 11.8. The lowest BCUT2D eigenvalue weighted by Crippen LogP contribution is -2.25. The molecule has 7 aromatic rings. The number of benzene rings is 7. The van der Waals surface area contributed by atoms with Gasteiger partial charge in [-0.15, -0.1) is 0 Å². The van der Waals surface area contributed by atoms with Gasteiger partial charge < -0.3 is 18.0 Å². The van der Waals surface area contributed by atoms with Crippen LogP contribution in [0.4, 0.5) is 13.2 Å². The van der Waals surface area contributed by atoms with Crippen molar-refractivity contribution >= 4 is 52.2 Å². The molecule has 18 heteroatoms. The van der Waals surface area contributed by atoms with Crippen LogP contribution in [0.3, 0.4) is 0 Å². The zero-order chi connectivity index (χ0) is 45.0. The van der Waals surface area contributed by atoms with Gasteiger partial charge in [-0.25, -0.2) is 25.3 Å². The molecule has 0 amide bonds. The third kappa shape index (κ3) is 13.7. The predicted octanol–water partition coefficient (Wildman–Crippen LogP) is 10.0. The topological polar surface area (TPSA) is 169 Å². The Bertz CT molecular complexity index is 2750. The van der Waals surface area contributed by atoms with Gasteiger partial charge in [0, 0.05) is 0 Å². The van der Waals surface area contributed by atoms with Gasteiger partial charge in [0.05, 0.1) is 26.7 Å². The fourth-order valence-electron chi connectivity index (χ4n) is 5.26. The van der Waals surface area contributed by atoms with Crippen LogP contribution in [-0.4, -0.2) is 40.4 Å². The maximum absolute atomic E-state index is 12.4. The Labute approximate surface area is 364 Å². The second-order valence-corrected chi connectivity index (χ2v) is 21.1. The van der Waals surface area contributed by atoms with Crippen molar-refractivity contribution in [3.8, 4) is 11.5 Å². The van der Waals surface area contributed by atoms with Crippen molar-refractivity contribution in [2.24, 2.45) is 0 Å². The number of hydrogen-bond acceptors (Lipinski definition) is 9. The highest BCUT2D eigenvalue weighted by atomic mass is 32.3. The minimum atomic E-state index is -6.26. The van der Waals surface area contributed by atoms with Gasteiger partial charge >= 0.3 is 5.51 Å². The summed E-state index contributed by atoms with van der Waals surface area (Å²) in [5.74, 6) is -0.0760. The van der Waals surface area contributed by atoms with Gasteiger partial charge in [-0.05, 0) is 116 Å². The van der Waals surface area contributed by atoms with Crippen molar-refractivity contribution < 1.29 is 52.3 Å². The zero-order valence-corrected chi connectivity index (χ0v) is 36.4. The molecule has 1 N–H and O–H groups in total. The largest absolute Gasteiger partial charge is 0.744 e. The Morgan fingerprint density at radius 1 is 0.500 bits per heavy atom. The Hall–Kier alpha value is -5.60. The van der Waals surface area contributed by atoms with Crippen LogP contribution in [0.5, 0.6) is 11.5 Å². The first-order chi connectivity index (χ1) is 29.3. The van der Waals surface area contributed by atoms with E-state index >= 15 is 0 Å². The fourth-order valence-corrected chi connectivity index (χ4v) is 11.7. The van der Waals surface area contributed by atoms with Crippen LogP contribution in [0.15, 0.2) is 228 Å². The molecule has 0 bridgehead atoms. The van der Waals surface area contributed by atoms with Gasteiger partial charge in [-0.1, -0.05) is 90.5 Å². The molecule has 322 valence electrons. The monoisotopic (exact) mass is 939 g/mol. The lowest BCUT2D eigenvalue weighted by molar-refractivity contribution is -0.0425. The predicted molar refractivity (Wildman–Crippen MR) is 232 cm³/mol. The van der Waals surface area contributed by atoms with E-state index < -0.39 is 46.8 Å². The molecule has 0 saturated heterocycles. The van der Waals surface area contributed by atoms with Crippen LogP contribution in [0.25, 0.3) is 4.13 Å². The number of aryl methyl sites for hydroxylation is 1. The van der Waals surface area contributed by atoms with Crippen LogP contribution in [0, 0.1) is 6.92 Å². The number of hydrogen-bond donors (Lipinski definition) is 1. The molecule has 7 aromatic carbocycles. The standard InChI is InChI=1S/C19H14F3NO5S3.C18H14OS.C7H8O3S/c20-19(21,22)30(24,25)23-31(26,27)28-15-11-13-18(14-12-15)29(16-7-3-1-4-8-16)17-9-5-2-6-10-17;19-15-11-13-18(14-12-15)20(16-7-3-1-4-8-16)17-9-5-2-6-10-17;1-6-2-4-7(5-3-6)11(8,9)10/h1-14H;1-14H;2-5H,1H3,(H,8,9,10). The average molecular weight is 940 g/mol. The molecular weight excluding hydrogens is 904 g/mol. The highest BCUT2D eigenvalue weighted by Gasteiger charge is 2.41. The lowest BCUT2D eigenvalue weighted by Gasteiger charge is -2.21. The first-order valence-corrected chi connectivity index (χ1v) is 24.6. The molecule has 0 fully saturated rings. The maximum Gasteiger partial charge on any atom is 0.480 e. The SMILES string of the molecule is Cc1ccc(S(=O)(=O)[O-])cc1.O=S(=O)([N-]S(=O)(=O)C(F)(F)F)Oc1ccc([S+](c2ccccc2)c2ccccc2)cc1.Oc1ccc([S+](c2ccccc2)c2ccccc2)cc1. The molecule has 0 aliphatic heterocycles. The zero-order valence-electron chi connectivity index (χ0n) is 32.3. The van der Waals surface area contributed by atoms with Crippen molar-refractivity contribution in [3.63, 3.8) is 0 Å². The third-order valence-corrected chi connectivity index (χ3v) is 15.9. The van der Waals surface area contributed by atoms with Crippen LogP contribution >= 0.6 is 0 Å². The quantitative estimate of drug-likeness (QED) is 0.0980. The summed E-state index contributed by atoms with van der Waals surface area (Å²) in [5, 5.41) is 9.48. The van der Waals surface area contributed by atoms with E-state index in [4.69, 9.17) is 0 Å². The van der Waals surface area contributed by atoms with Crippen LogP contribution in [0.1, 0.15) is 5.56 Å². The summed E-state index contributed by atoms with van der Waals surface area (Å²) in [7, 11) is -16.6. The Morgan fingerprint density at radius 3 is 1.15 bits per heavy atom. The summed E-state index contributed by atoms with van der Waals surface area (Å²) in [4.78, 5) is 6.35. The summed E-state index contributed by atoms with van der Waals surface area (Å²) in [6.07, 6.45) is 0. The Balaban J connectivity index is 0.000000198. The number of nitrogens with zero attached hydrogens (tertiary/aromatic N) is 1. The smallest absolute Gasteiger partial charge is 0.480 e. The van der Waals surface area contributed by atoms with Crippen molar-refractivity contribution in [2.45, 2.75) is 46.7 Å². The summed E-state index contributed by atoms with van der Waals surface area (Å²) in [5.41, 5.74) is -4.93. The second-order valence-electron chi connectivity index (χ2n) is 12.6. The summed E-state index contributed by atoms with van der Waals surface area (Å²) < 4.78 is 120. The maximum atomic E-state index is 12.4. The summed E-state index contributed by atoms with van der Waals surface area (Å²) >= 11 is 0. The molecule has 0 aliphatic carbocycles. The molecule has 0 atom stereocenters. The molecule has 0 heterocycles. The van der Waals surface area contributed by atoms with Gasteiger partial charge in [0.1, 0.15) is 21.6 Å². The minimum absolute atomic E-state index is 0.134. The van der Waals surface area contributed by atoms with Crippen molar-refractivity contribution in [1.29, 1.82) is 0 Å². The van der Waals surface area contributed by atoms with E-state index in [0.717, 1.165) is 20.2 Å². The highest BCUT2D eigenvalue weighted by Crippen LogP contribution is 2.35. The molecule has 7 rings (SSSR count). The number of phenolic OH excluding ortho intramolecular Hbond substituents is 1. The minimum Gasteiger partial charge on any atom is -0.744 e. The summed E-state index contributed by atoms with van der Waals surface area (Å²) in [6, 6.07) is 58.8. The van der Waals surface area contributed by atoms with E-state index in [1.54, 1.807) is 36.4 Å². The van der Waals surface area contributed by atoms with E-state index in [9.17, 15) is 48.1 Å². The van der Waals surface area contributed by atoms with E-state index in [0.29, 0.717) is 5.75 Å². The molecular formula is C44H36F3NO9S5. The van der Waals surface area contributed by atoms with Crippen molar-refractivity contribution in [3.05, 3.63) is 204 Å². The lowest BCUT2D eigenvalue weighted by atomic mass is 10.2. The molecule has 0 spiro atoms. The number of phenols is 1. The molecule has 0 aromatic heterocycles. The van der Waals surface area contributed by atoms with Gasteiger partial charge in [0.15, 0.2) is 39.4 Å². The first kappa shape index (κ1) is 47.4. The molecule has 0 radical (unpaired) electrons. The van der Waals surface area contributed by atoms with Gasteiger partial charge in [-0.2, -0.15) is 13.2 Å². The van der Waals surface area contributed by atoms with E-state index in [2.05, 4.69) is 52.7 Å². The number of sulfonamides is 1. The van der Waals surface area contributed by atoms with Crippen molar-refractivity contribution in [1.82, 2.24) is 0 Å². The molecule has 0 saturated carbocycles. The first-order valence-electron chi connectivity index (χ1n) is 17.9. The van der Waals surface area contributed by atoms with Crippen LogP contribution in [-0.2, 0) is 52.2 Å². The van der Waals surface area contributed by atoms with E-state index in [-0.39, 0.29) is 21.5 Å². The van der Waals surface area contributed by atoms with Crippen molar-refractivity contribution in [2.75, 3.05) is 0 Å². The molecule has 10 nitrogen and oxygen atoms in total. The fraction of sp³-hybridized carbons (Fsp3) is 0.0455. The van der Waals surface area contributed by atoms with Crippen LogP contribution < -0.4 is 4.18 Å². The van der Waals surface area contributed by atoms with Gasteiger partial charge in [0.2, 0.25) is 10.3 Å². The van der Waals surface area contributed by atoms with Gasteiger partial charge in [-0.3, -0.25) is 0 Å². The average Bonchev–Trinajstić information content (AvgIpc) is 3.23. The Kier molecular flexibility index (Phi) is 16.1. The molecule has 0 aliphatic rings. The Morgan fingerprint density at radius 2 is 0.823 bits per heavy atom. The van der Waals surface area contributed by atoms with Crippen LogP contribution in [0.2, 0.25) is 0 Å².